The average Bonchev–Trinajstić information content (AvgIpc) is 2.35. The first-order valence-electron chi connectivity index (χ1n) is 5.75. The Bertz CT molecular complexity index is 468. The van der Waals surface area contributed by atoms with Crippen molar-refractivity contribution in [1.82, 2.24) is 9.97 Å². The number of nitrogens with one attached hydrogen (secondary N) is 1. The molecule has 0 aliphatic carbocycles. The minimum absolute atomic E-state index is 0.402. The first-order valence-corrected chi connectivity index (χ1v) is 5.75. The topological polar surface area (TPSA) is 73.1 Å². The van der Waals surface area contributed by atoms with E-state index in [-0.39, 0.29) is 0 Å². The van der Waals surface area contributed by atoms with Crippen molar-refractivity contribution in [1.29, 1.82) is 0 Å². The van der Waals surface area contributed by atoms with E-state index >= 15 is 0 Å². The molecule has 0 saturated heterocycles. The van der Waals surface area contributed by atoms with Crippen LogP contribution in [0.2, 0.25) is 0 Å². The van der Waals surface area contributed by atoms with Gasteiger partial charge in [-0.05, 0) is 24.6 Å². The van der Waals surface area contributed by atoms with Crippen molar-refractivity contribution in [2.24, 2.45) is 0 Å². The number of ether oxygens (including phenoxy) is 1. The maximum Gasteiger partial charge on any atom is 0.147 e. The third kappa shape index (κ3) is 3.62. The largest absolute Gasteiger partial charge is 0.492 e. The standard InChI is InChI=1S/C13H16N4O/c1-10-3-2-4-11(7-10)18-6-5-16-13-9-15-8-12(14)17-13/h2-4,7-9H,5-6H2,1H3,(H3,14,16,17). The maximum atomic E-state index is 5.60. The van der Waals surface area contributed by atoms with Gasteiger partial charge in [0.05, 0.1) is 18.9 Å². The van der Waals surface area contributed by atoms with Gasteiger partial charge in [-0.15, -0.1) is 0 Å². The molecule has 0 fully saturated rings. The van der Waals surface area contributed by atoms with Gasteiger partial charge >= 0.3 is 0 Å². The second-order valence-corrected chi connectivity index (χ2v) is 3.92. The van der Waals surface area contributed by atoms with Crippen molar-refractivity contribution in [2.45, 2.75) is 6.92 Å². The molecule has 3 N–H and O–H groups in total. The molecule has 0 aliphatic heterocycles. The van der Waals surface area contributed by atoms with Crippen LogP contribution in [0, 0.1) is 6.92 Å². The molecule has 5 nitrogen and oxygen atoms in total. The molecule has 0 amide bonds. The molecule has 0 bridgehead atoms. The molecule has 2 aromatic rings. The molecule has 5 heteroatoms. The summed E-state index contributed by atoms with van der Waals surface area (Å²) in [7, 11) is 0. The van der Waals surface area contributed by atoms with Crippen molar-refractivity contribution in [3.8, 4) is 5.75 Å². The van der Waals surface area contributed by atoms with Crippen molar-refractivity contribution in [2.75, 3.05) is 24.2 Å². The van der Waals surface area contributed by atoms with Crippen molar-refractivity contribution >= 4 is 11.6 Å². The first-order chi connectivity index (χ1) is 8.74. The number of benzene rings is 1. The normalized spacial score (nSPS) is 10.1. The van der Waals surface area contributed by atoms with E-state index in [0.717, 1.165) is 5.75 Å². The highest BCUT2D eigenvalue weighted by atomic mass is 16.5. The van der Waals surface area contributed by atoms with Gasteiger partial charge in [0.1, 0.15) is 24.0 Å². The number of hydrogen-bond acceptors (Lipinski definition) is 5. The molecule has 0 unspecified atom stereocenters. The van der Waals surface area contributed by atoms with E-state index in [0.29, 0.717) is 24.8 Å². The van der Waals surface area contributed by atoms with Crippen LogP contribution in [0.4, 0.5) is 11.6 Å². The first kappa shape index (κ1) is 12.2. The number of anilines is 2. The second-order valence-electron chi connectivity index (χ2n) is 3.92. The third-order valence-corrected chi connectivity index (χ3v) is 2.32. The molecular formula is C13H16N4O. The minimum atomic E-state index is 0.402. The Morgan fingerprint density at radius 2 is 2.22 bits per heavy atom. The fourth-order valence-corrected chi connectivity index (χ4v) is 1.52. The van der Waals surface area contributed by atoms with Gasteiger partial charge in [0.25, 0.3) is 0 Å². The monoisotopic (exact) mass is 244 g/mol. The van der Waals surface area contributed by atoms with Gasteiger partial charge in [0, 0.05) is 0 Å². The number of nitrogen functional groups attached to an aromatic ring is 1. The maximum absolute atomic E-state index is 5.60. The van der Waals surface area contributed by atoms with Crippen LogP contribution in [0.1, 0.15) is 5.56 Å². The van der Waals surface area contributed by atoms with Gasteiger partial charge < -0.3 is 15.8 Å². The summed E-state index contributed by atoms with van der Waals surface area (Å²) in [4.78, 5) is 8.02. The van der Waals surface area contributed by atoms with Gasteiger partial charge in [-0.25, -0.2) is 4.98 Å². The Balaban J connectivity index is 1.76. The Hall–Kier alpha value is -2.30. The Kier molecular flexibility index (Phi) is 3.96. The molecule has 0 aliphatic rings. The van der Waals surface area contributed by atoms with E-state index in [1.54, 1.807) is 6.20 Å². The van der Waals surface area contributed by atoms with E-state index in [1.165, 1.54) is 11.8 Å². The van der Waals surface area contributed by atoms with Crippen LogP contribution in [-0.4, -0.2) is 23.1 Å². The number of nitrogens with zero attached hydrogens (tertiary/aromatic N) is 2. The van der Waals surface area contributed by atoms with E-state index in [4.69, 9.17) is 10.5 Å². The highest BCUT2D eigenvalue weighted by Crippen LogP contribution is 2.12. The van der Waals surface area contributed by atoms with Gasteiger partial charge in [0.15, 0.2) is 0 Å². The molecule has 18 heavy (non-hydrogen) atoms. The van der Waals surface area contributed by atoms with Gasteiger partial charge in [-0.3, -0.25) is 4.98 Å². The lowest BCUT2D eigenvalue weighted by molar-refractivity contribution is 0.332. The molecule has 94 valence electrons. The zero-order valence-corrected chi connectivity index (χ0v) is 10.3. The fourth-order valence-electron chi connectivity index (χ4n) is 1.52. The summed E-state index contributed by atoms with van der Waals surface area (Å²) in [6.45, 7) is 3.24. The second kappa shape index (κ2) is 5.86. The quantitative estimate of drug-likeness (QED) is 0.785. The fraction of sp³-hybridized carbons (Fsp3) is 0.231. The predicted molar refractivity (Wildman–Crippen MR) is 71.6 cm³/mol. The van der Waals surface area contributed by atoms with Crippen molar-refractivity contribution in [3.05, 3.63) is 42.2 Å². The molecule has 2 rings (SSSR count). The molecular weight excluding hydrogens is 228 g/mol. The van der Waals surface area contributed by atoms with Crippen molar-refractivity contribution < 1.29 is 4.74 Å². The minimum Gasteiger partial charge on any atom is -0.492 e. The van der Waals surface area contributed by atoms with E-state index < -0.39 is 0 Å². The van der Waals surface area contributed by atoms with Crippen LogP contribution in [-0.2, 0) is 0 Å². The van der Waals surface area contributed by atoms with Gasteiger partial charge in [-0.1, -0.05) is 12.1 Å². The smallest absolute Gasteiger partial charge is 0.147 e. The number of aromatic nitrogens is 2. The van der Waals surface area contributed by atoms with Crippen LogP contribution < -0.4 is 15.8 Å². The van der Waals surface area contributed by atoms with Crippen LogP contribution in [0.5, 0.6) is 5.75 Å². The van der Waals surface area contributed by atoms with E-state index in [2.05, 4.69) is 15.3 Å². The van der Waals surface area contributed by atoms with Crippen molar-refractivity contribution in [3.63, 3.8) is 0 Å². The van der Waals surface area contributed by atoms with Crippen LogP contribution in [0.25, 0.3) is 0 Å². The molecule has 1 aromatic heterocycles. The average molecular weight is 244 g/mol. The molecule has 0 radical (unpaired) electrons. The highest BCUT2D eigenvalue weighted by molar-refractivity contribution is 5.38. The lowest BCUT2D eigenvalue weighted by atomic mass is 10.2. The van der Waals surface area contributed by atoms with Crippen LogP contribution in [0.15, 0.2) is 36.7 Å². The molecule has 0 spiro atoms. The third-order valence-electron chi connectivity index (χ3n) is 2.32. The predicted octanol–water partition coefficient (Wildman–Crippen LogP) is 1.86. The summed E-state index contributed by atoms with van der Waals surface area (Å²) in [5.74, 6) is 1.93. The SMILES string of the molecule is Cc1cccc(OCCNc2cncc(N)n2)c1. The van der Waals surface area contributed by atoms with E-state index in [9.17, 15) is 0 Å². The van der Waals surface area contributed by atoms with Crippen LogP contribution in [0.3, 0.4) is 0 Å². The number of aryl methyl sites for hydroxylation is 1. The summed E-state index contributed by atoms with van der Waals surface area (Å²) < 4.78 is 5.60. The lowest BCUT2D eigenvalue weighted by Crippen LogP contribution is -2.12. The summed E-state index contributed by atoms with van der Waals surface area (Å²) in [5, 5.41) is 3.09. The molecule has 0 saturated carbocycles. The Morgan fingerprint density at radius 1 is 1.33 bits per heavy atom. The molecule has 1 heterocycles. The zero-order chi connectivity index (χ0) is 12.8. The lowest BCUT2D eigenvalue weighted by Gasteiger charge is -2.08. The zero-order valence-electron chi connectivity index (χ0n) is 10.3. The van der Waals surface area contributed by atoms with E-state index in [1.807, 2.05) is 31.2 Å². The Morgan fingerprint density at radius 3 is 3.00 bits per heavy atom. The number of hydrogen-bond donors (Lipinski definition) is 2. The summed E-state index contributed by atoms with van der Waals surface area (Å²) in [5.41, 5.74) is 6.71. The van der Waals surface area contributed by atoms with Gasteiger partial charge in [-0.2, -0.15) is 0 Å². The summed E-state index contributed by atoms with van der Waals surface area (Å²) in [6.07, 6.45) is 3.14. The Labute approximate surface area is 106 Å². The summed E-state index contributed by atoms with van der Waals surface area (Å²) >= 11 is 0. The molecule has 0 atom stereocenters. The van der Waals surface area contributed by atoms with Crippen LogP contribution >= 0.6 is 0 Å². The summed E-state index contributed by atoms with van der Waals surface area (Å²) in [6, 6.07) is 7.95. The number of nitrogens with two attached hydrogens (primary N) is 1. The van der Waals surface area contributed by atoms with Gasteiger partial charge in [0.2, 0.25) is 0 Å². The molecule has 1 aromatic carbocycles. The highest BCUT2D eigenvalue weighted by Gasteiger charge is 1.96. The number of rotatable bonds is 5.